The van der Waals surface area contributed by atoms with Gasteiger partial charge in [-0.25, -0.2) is 0 Å². The predicted octanol–water partition coefficient (Wildman–Crippen LogP) is 6.51. The van der Waals surface area contributed by atoms with E-state index >= 15 is 0 Å². The van der Waals surface area contributed by atoms with Crippen LogP contribution in [0.2, 0.25) is 18.1 Å². The fourth-order valence-electron chi connectivity index (χ4n) is 3.98. The van der Waals surface area contributed by atoms with E-state index < -0.39 is 8.07 Å². The van der Waals surface area contributed by atoms with Gasteiger partial charge in [0.1, 0.15) is 13.8 Å². The highest BCUT2D eigenvalue weighted by atomic mass is 35.5. The Morgan fingerprint density at radius 2 is 1.70 bits per heavy atom. The molecule has 1 nitrogen and oxygen atoms in total. The van der Waals surface area contributed by atoms with Crippen LogP contribution in [0.15, 0.2) is 59.8 Å². The van der Waals surface area contributed by atoms with Crippen LogP contribution in [0.25, 0.3) is 5.57 Å². The standard InChI is InChI=1S/C24H29ClOSi/c1-24(2,3)20-15-18(25)16-22(23(20)26-4)27(5,6)21-14-10-13-19(21)17-11-8-7-9-12-17/h7-13,15-16H,14H2,1-6H3. The van der Waals surface area contributed by atoms with Gasteiger partial charge in [0.25, 0.3) is 0 Å². The lowest BCUT2D eigenvalue weighted by Crippen LogP contribution is -2.45. The first-order valence-corrected chi connectivity index (χ1v) is 12.9. The lowest BCUT2D eigenvalue weighted by Gasteiger charge is -2.32. The van der Waals surface area contributed by atoms with Crippen molar-refractivity contribution in [1.29, 1.82) is 0 Å². The van der Waals surface area contributed by atoms with E-state index in [2.05, 4.69) is 88.5 Å². The van der Waals surface area contributed by atoms with Crippen molar-refractivity contribution in [2.24, 2.45) is 0 Å². The molecule has 3 heteroatoms. The summed E-state index contributed by atoms with van der Waals surface area (Å²) in [6, 6.07) is 14.9. The largest absolute Gasteiger partial charge is 0.497 e. The maximum atomic E-state index is 6.59. The minimum Gasteiger partial charge on any atom is -0.497 e. The van der Waals surface area contributed by atoms with Crippen LogP contribution in [0, 0.1) is 0 Å². The molecule has 142 valence electrons. The van der Waals surface area contributed by atoms with Crippen molar-refractivity contribution in [2.75, 3.05) is 7.11 Å². The Morgan fingerprint density at radius 1 is 1.04 bits per heavy atom. The molecule has 0 fully saturated rings. The second-order valence-electron chi connectivity index (χ2n) is 8.77. The Morgan fingerprint density at radius 3 is 2.30 bits per heavy atom. The summed E-state index contributed by atoms with van der Waals surface area (Å²) >= 11 is 6.59. The van der Waals surface area contributed by atoms with Crippen LogP contribution in [0.4, 0.5) is 0 Å². The van der Waals surface area contributed by atoms with Gasteiger partial charge in [0.2, 0.25) is 0 Å². The summed E-state index contributed by atoms with van der Waals surface area (Å²) in [5.41, 5.74) is 3.81. The van der Waals surface area contributed by atoms with Gasteiger partial charge in [0.05, 0.1) is 7.11 Å². The van der Waals surface area contributed by atoms with Crippen LogP contribution in [0.3, 0.4) is 0 Å². The Balaban J connectivity index is 2.22. The summed E-state index contributed by atoms with van der Waals surface area (Å²) in [5, 5.41) is 3.62. The SMILES string of the molecule is COc1c(C(C)(C)C)cc(Cl)cc1[Si](C)(C)C1=C(c2ccccc2)C=CC1. The Kier molecular flexibility index (Phi) is 5.42. The van der Waals surface area contributed by atoms with Crippen molar-refractivity contribution in [1.82, 2.24) is 0 Å². The number of hydrogen-bond acceptors (Lipinski definition) is 1. The molecule has 3 rings (SSSR count). The quantitative estimate of drug-likeness (QED) is 0.535. The molecule has 2 aromatic rings. The van der Waals surface area contributed by atoms with Gasteiger partial charge >= 0.3 is 0 Å². The van der Waals surface area contributed by atoms with Crippen molar-refractivity contribution in [3.8, 4) is 5.75 Å². The van der Waals surface area contributed by atoms with Gasteiger partial charge in [0, 0.05) is 10.6 Å². The molecule has 0 aliphatic heterocycles. The van der Waals surface area contributed by atoms with E-state index in [4.69, 9.17) is 16.3 Å². The first-order valence-electron chi connectivity index (χ1n) is 9.50. The second kappa shape index (κ2) is 7.33. The molecule has 0 saturated heterocycles. The van der Waals surface area contributed by atoms with Crippen molar-refractivity contribution in [3.63, 3.8) is 0 Å². The van der Waals surface area contributed by atoms with Gasteiger partial charge in [-0.05, 0) is 40.3 Å². The zero-order valence-corrected chi connectivity index (χ0v) is 18.9. The average molecular weight is 397 g/mol. The molecule has 0 heterocycles. The number of benzene rings is 2. The fraction of sp³-hybridized carbons (Fsp3) is 0.333. The zero-order valence-electron chi connectivity index (χ0n) is 17.2. The molecular formula is C24H29ClOSi. The van der Waals surface area contributed by atoms with E-state index in [0.29, 0.717) is 0 Å². The van der Waals surface area contributed by atoms with Crippen LogP contribution < -0.4 is 9.92 Å². The van der Waals surface area contributed by atoms with Crippen LogP contribution in [-0.4, -0.2) is 15.2 Å². The van der Waals surface area contributed by atoms with E-state index in [1.54, 1.807) is 7.11 Å². The van der Waals surface area contributed by atoms with Gasteiger partial charge < -0.3 is 4.74 Å². The molecule has 0 saturated carbocycles. The van der Waals surface area contributed by atoms with Gasteiger partial charge in [0.15, 0.2) is 0 Å². The predicted molar refractivity (Wildman–Crippen MR) is 121 cm³/mol. The third-order valence-corrected chi connectivity index (χ3v) is 9.43. The smallest absolute Gasteiger partial charge is 0.122 e. The molecule has 0 spiro atoms. The van der Waals surface area contributed by atoms with Crippen LogP contribution in [0.5, 0.6) is 5.75 Å². The first-order chi connectivity index (χ1) is 12.7. The topological polar surface area (TPSA) is 9.23 Å². The maximum Gasteiger partial charge on any atom is 0.122 e. The molecule has 0 bridgehead atoms. The van der Waals surface area contributed by atoms with E-state index in [1.807, 2.05) is 0 Å². The lowest BCUT2D eigenvalue weighted by molar-refractivity contribution is 0.400. The van der Waals surface area contributed by atoms with Gasteiger partial charge in [-0.15, -0.1) is 0 Å². The van der Waals surface area contributed by atoms with Crippen molar-refractivity contribution < 1.29 is 4.74 Å². The summed E-state index contributed by atoms with van der Waals surface area (Å²) in [5.74, 6) is 1.01. The first kappa shape index (κ1) is 20.0. The fourth-order valence-corrected chi connectivity index (χ4v) is 7.47. The monoisotopic (exact) mass is 396 g/mol. The number of halogens is 1. The molecule has 27 heavy (non-hydrogen) atoms. The lowest BCUT2D eigenvalue weighted by atomic mass is 9.86. The molecule has 0 aromatic heterocycles. The van der Waals surface area contributed by atoms with E-state index in [1.165, 1.54) is 27.1 Å². The van der Waals surface area contributed by atoms with Crippen LogP contribution in [0.1, 0.15) is 38.3 Å². The molecule has 0 atom stereocenters. The van der Waals surface area contributed by atoms with Gasteiger partial charge in [-0.2, -0.15) is 0 Å². The Hall–Kier alpha value is -1.77. The van der Waals surface area contributed by atoms with Crippen molar-refractivity contribution in [3.05, 3.63) is 76.0 Å². The van der Waals surface area contributed by atoms with E-state index in [0.717, 1.165) is 17.2 Å². The third kappa shape index (κ3) is 3.79. The molecule has 0 unspecified atom stereocenters. The molecule has 1 aliphatic rings. The summed E-state index contributed by atoms with van der Waals surface area (Å²) in [6.07, 6.45) is 5.57. The molecule has 0 amide bonds. The number of methoxy groups -OCH3 is 1. The van der Waals surface area contributed by atoms with Crippen molar-refractivity contribution in [2.45, 2.75) is 45.7 Å². The number of rotatable bonds is 4. The zero-order chi connectivity index (χ0) is 19.8. The minimum absolute atomic E-state index is 0.0277. The molecule has 0 radical (unpaired) electrons. The Labute approximate surface area is 169 Å². The highest BCUT2D eigenvalue weighted by molar-refractivity contribution is 6.97. The molecule has 1 aliphatic carbocycles. The van der Waals surface area contributed by atoms with Crippen molar-refractivity contribution >= 4 is 30.4 Å². The molecule has 0 N–H and O–H groups in total. The number of ether oxygens (including phenoxy) is 1. The van der Waals surface area contributed by atoms with Gasteiger partial charge in [-0.3, -0.25) is 0 Å². The normalized spacial score (nSPS) is 14.8. The average Bonchev–Trinajstić information content (AvgIpc) is 3.11. The highest BCUT2D eigenvalue weighted by Gasteiger charge is 2.36. The molecular weight excluding hydrogens is 368 g/mol. The summed E-state index contributed by atoms with van der Waals surface area (Å²) in [7, 11) is -0.208. The van der Waals surface area contributed by atoms with Gasteiger partial charge in [-0.1, -0.05) is 93.1 Å². The van der Waals surface area contributed by atoms with Crippen LogP contribution >= 0.6 is 11.6 Å². The van der Waals surface area contributed by atoms with Crippen LogP contribution in [-0.2, 0) is 5.41 Å². The number of hydrogen-bond donors (Lipinski definition) is 0. The summed E-state index contributed by atoms with van der Waals surface area (Å²) in [4.78, 5) is 0. The minimum atomic E-state index is -1.99. The maximum absolute atomic E-state index is 6.59. The molecule has 2 aromatic carbocycles. The number of allylic oxidation sites excluding steroid dienone is 4. The third-order valence-electron chi connectivity index (χ3n) is 5.51. The highest BCUT2D eigenvalue weighted by Crippen LogP contribution is 2.39. The summed E-state index contributed by atoms with van der Waals surface area (Å²) < 4.78 is 5.98. The second-order valence-corrected chi connectivity index (χ2v) is 13.6. The Bertz CT molecular complexity index is 902. The van der Waals surface area contributed by atoms with E-state index in [-0.39, 0.29) is 5.41 Å². The van der Waals surface area contributed by atoms with E-state index in [9.17, 15) is 0 Å². The summed E-state index contributed by atoms with van der Waals surface area (Å²) in [6.45, 7) is 11.5.